The number of pyridine rings is 1. The molecule has 1 unspecified atom stereocenters. The van der Waals surface area contributed by atoms with E-state index < -0.39 is 0 Å². The second-order valence-electron chi connectivity index (χ2n) is 5.12. The highest BCUT2D eigenvalue weighted by Gasteiger charge is 2.07. The smallest absolute Gasteiger partial charge is 0.0751 e. The van der Waals surface area contributed by atoms with E-state index in [-0.39, 0.29) is 6.04 Å². The summed E-state index contributed by atoms with van der Waals surface area (Å²) in [7, 11) is 0. The van der Waals surface area contributed by atoms with E-state index in [0.717, 1.165) is 18.5 Å². The van der Waals surface area contributed by atoms with Crippen molar-refractivity contribution in [3.63, 3.8) is 0 Å². The fraction of sp³-hybridized carbons (Fsp3) is 0.235. The van der Waals surface area contributed by atoms with Crippen molar-refractivity contribution < 1.29 is 0 Å². The lowest BCUT2D eigenvalue weighted by Gasteiger charge is -2.08. The summed E-state index contributed by atoms with van der Waals surface area (Å²) >= 11 is 0. The minimum absolute atomic E-state index is 0.127. The van der Waals surface area contributed by atoms with Gasteiger partial charge in [0.05, 0.1) is 5.52 Å². The van der Waals surface area contributed by atoms with Gasteiger partial charge in [-0.1, -0.05) is 31.2 Å². The standard InChI is InChI=1S/C17H19N3/c1-2-16(18)14-8-10-20(11-14)12-15-6-3-5-13-7-4-9-19-17(13)15/h3-11,16H,2,12,18H2,1H3. The third-order valence-electron chi connectivity index (χ3n) is 3.71. The monoisotopic (exact) mass is 265 g/mol. The maximum atomic E-state index is 6.07. The summed E-state index contributed by atoms with van der Waals surface area (Å²) in [4.78, 5) is 4.50. The molecule has 0 saturated carbocycles. The van der Waals surface area contributed by atoms with Crippen LogP contribution < -0.4 is 5.73 Å². The molecule has 2 aromatic heterocycles. The van der Waals surface area contributed by atoms with E-state index in [0.29, 0.717) is 0 Å². The normalized spacial score (nSPS) is 12.7. The number of aromatic nitrogens is 2. The van der Waals surface area contributed by atoms with Gasteiger partial charge in [0.25, 0.3) is 0 Å². The van der Waals surface area contributed by atoms with Gasteiger partial charge >= 0.3 is 0 Å². The zero-order chi connectivity index (χ0) is 13.9. The second kappa shape index (κ2) is 5.47. The Bertz CT molecular complexity index is 710. The van der Waals surface area contributed by atoms with Crippen molar-refractivity contribution >= 4 is 10.9 Å². The van der Waals surface area contributed by atoms with Gasteiger partial charge in [-0.25, -0.2) is 0 Å². The number of benzene rings is 1. The van der Waals surface area contributed by atoms with Gasteiger partial charge in [-0.05, 0) is 29.7 Å². The molecule has 0 aliphatic carbocycles. The predicted octanol–water partition coefficient (Wildman–Crippen LogP) is 3.49. The van der Waals surface area contributed by atoms with Crippen molar-refractivity contribution in [3.8, 4) is 0 Å². The van der Waals surface area contributed by atoms with Crippen LogP contribution in [0, 0.1) is 0 Å². The molecule has 0 spiro atoms. The molecule has 1 atom stereocenters. The van der Waals surface area contributed by atoms with Crippen molar-refractivity contribution in [2.24, 2.45) is 5.73 Å². The molecule has 0 fully saturated rings. The van der Waals surface area contributed by atoms with Crippen molar-refractivity contribution in [2.75, 3.05) is 0 Å². The van der Waals surface area contributed by atoms with Crippen LogP contribution in [0.2, 0.25) is 0 Å². The van der Waals surface area contributed by atoms with Gasteiger partial charge in [0.1, 0.15) is 0 Å². The summed E-state index contributed by atoms with van der Waals surface area (Å²) in [5.74, 6) is 0. The van der Waals surface area contributed by atoms with Gasteiger partial charge in [-0.2, -0.15) is 0 Å². The lowest BCUT2D eigenvalue weighted by atomic mass is 10.1. The lowest BCUT2D eigenvalue weighted by molar-refractivity contribution is 0.693. The van der Waals surface area contributed by atoms with E-state index in [2.05, 4.69) is 59.2 Å². The molecule has 0 aliphatic rings. The first-order valence-electron chi connectivity index (χ1n) is 7.02. The molecule has 102 valence electrons. The Kier molecular flexibility index (Phi) is 3.52. The average Bonchev–Trinajstić information content (AvgIpc) is 2.95. The molecule has 0 amide bonds. The topological polar surface area (TPSA) is 43.8 Å². The van der Waals surface area contributed by atoms with Crippen LogP contribution in [0.4, 0.5) is 0 Å². The number of hydrogen-bond acceptors (Lipinski definition) is 2. The quantitative estimate of drug-likeness (QED) is 0.784. The first-order valence-corrected chi connectivity index (χ1v) is 7.02. The Hall–Kier alpha value is -2.13. The van der Waals surface area contributed by atoms with Gasteiger partial charge in [-0.3, -0.25) is 4.98 Å². The molecule has 1 aromatic carbocycles. The number of fused-ring (bicyclic) bond motifs is 1. The molecular formula is C17H19N3. The third-order valence-corrected chi connectivity index (χ3v) is 3.71. The molecule has 0 bridgehead atoms. The van der Waals surface area contributed by atoms with Crippen molar-refractivity contribution in [1.29, 1.82) is 0 Å². The van der Waals surface area contributed by atoms with Crippen molar-refractivity contribution in [3.05, 3.63) is 66.1 Å². The first kappa shape index (κ1) is 12.9. The number of para-hydroxylation sites is 1. The third kappa shape index (κ3) is 2.45. The maximum Gasteiger partial charge on any atom is 0.0751 e. The van der Waals surface area contributed by atoms with E-state index >= 15 is 0 Å². The Morgan fingerprint density at radius 1 is 1.20 bits per heavy atom. The minimum Gasteiger partial charge on any atom is -0.349 e. The molecule has 3 nitrogen and oxygen atoms in total. The maximum absolute atomic E-state index is 6.07. The Balaban J connectivity index is 1.91. The summed E-state index contributed by atoms with van der Waals surface area (Å²) in [5.41, 5.74) is 9.57. The molecule has 3 aromatic rings. The molecule has 0 saturated heterocycles. The molecule has 0 radical (unpaired) electrons. The van der Waals surface area contributed by atoms with Crippen LogP contribution in [0.25, 0.3) is 10.9 Å². The van der Waals surface area contributed by atoms with Crippen LogP contribution in [-0.2, 0) is 6.54 Å². The minimum atomic E-state index is 0.127. The Morgan fingerprint density at radius 2 is 2.05 bits per heavy atom. The van der Waals surface area contributed by atoms with Crippen LogP contribution in [0.1, 0.15) is 30.5 Å². The van der Waals surface area contributed by atoms with E-state index in [1.165, 1.54) is 16.5 Å². The molecule has 2 N–H and O–H groups in total. The zero-order valence-electron chi connectivity index (χ0n) is 11.7. The lowest BCUT2D eigenvalue weighted by Crippen LogP contribution is -2.07. The molecule has 0 aliphatic heterocycles. The van der Waals surface area contributed by atoms with E-state index in [9.17, 15) is 0 Å². The highest BCUT2D eigenvalue weighted by molar-refractivity contribution is 5.81. The van der Waals surface area contributed by atoms with Crippen molar-refractivity contribution in [1.82, 2.24) is 9.55 Å². The molecule has 3 rings (SSSR count). The number of nitrogens with two attached hydrogens (primary N) is 1. The fourth-order valence-corrected chi connectivity index (χ4v) is 2.50. The molecule has 3 heteroatoms. The van der Waals surface area contributed by atoms with Gasteiger partial charge < -0.3 is 10.3 Å². The predicted molar refractivity (Wildman–Crippen MR) is 82.5 cm³/mol. The molecule has 2 heterocycles. The fourth-order valence-electron chi connectivity index (χ4n) is 2.50. The average molecular weight is 265 g/mol. The van der Waals surface area contributed by atoms with Crippen LogP contribution in [0.5, 0.6) is 0 Å². The van der Waals surface area contributed by atoms with Gasteiger partial charge in [0.15, 0.2) is 0 Å². The summed E-state index contributed by atoms with van der Waals surface area (Å²) in [6.07, 6.45) is 7.03. The van der Waals surface area contributed by atoms with Crippen LogP contribution in [0.15, 0.2) is 55.0 Å². The van der Waals surface area contributed by atoms with Gasteiger partial charge in [-0.15, -0.1) is 0 Å². The summed E-state index contributed by atoms with van der Waals surface area (Å²) in [6, 6.07) is 12.6. The molecular weight excluding hydrogens is 246 g/mol. The number of hydrogen-bond donors (Lipinski definition) is 1. The van der Waals surface area contributed by atoms with E-state index in [1.807, 2.05) is 12.3 Å². The largest absolute Gasteiger partial charge is 0.349 e. The first-order chi connectivity index (χ1) is 9.78. The van der Waals surface area contributed by atoms with Crippen LogP contribution in [-0.4, -0.2) is 9.55 Å². The van der Waals surface area contributed by atoms with Gasteiger partial charge in [0, 0.05) is 36.6 Å². The Morgan fingerprint density at radius 3 is 2.90 bits per heavy atom. The van der Waals surface area contributed by atoms with Crippen molar-refractivity contribution in [2.45, 2.75) is 25.9 Å². The second-order valence-corrected chi connectivity index (χ2v) is 5.12. The highest BCUT2D eigenvalue weighted by atomic mass is 14.9. The van der Waals surface area contributed by atoms with E-state index in [1.54, 1.807) is 0 Å². The SMILES string of the molecule is CCC(N)c1ccn(Cc2cccc3cccnc23)c1. The van der Waals surface area contributed by atoms with Crippen LogP contribution in [0.3, 0.4) is 0 Å². The summed E-state index contributed by atoms with van der Waals surface area (Å²) in [5, 5.41) is 1.18. The number of rotatable bonds is 4. The molecule has 20 heavy (non-hydrogen) atoms. The van der Waals surface area contributed by atoms with Gasteiger partial charge in [0.2, 0.25) is 0 Å². The zero-order valence-corrected chi connectivity index (χ0v) is 11.7. The van der Waals surface area contributed by atoms with E-state index in [4.69, 9.17) is 5.73 Å². The highest BCUT2D eigenvalue weighted by Crippen LogP contribution is 2.19. The summed E-state index contributed by atoms with van der Waals surface area (Å²) in [6.45, 7) is 2.93. The van der Waals surface area contributed by atoms with Crippen LogP contribution >= 0.6 is 0 Å². The Labute approximate surface area is 119 Å². The number of nitrogens with zero attached hydrogens (tertiary/aromatic N) is 2. The summed E-state index contributed by atoms with van der Waals surface area (Å²) < 4.78 is 2.17.